The number of hydrogen-bond donors (Lipinski definition) is 2. The summed E-state index contributed by atoms with van der Waals surface area (Å²) in [6, 6.07) is 1.68. The zero-order valence-corrected chi connectivity index (χ0v) is 12.3. The molecule has 0 saturated carbocycles. The van der Waals surface area contributed by atoms with Crippen LogP contribution in [0, 0.1) is 13.8 Å². The van der Waals surface area contributed by atoms with Crippen molar-refractivity contribution in [1.82, 2.24) is 0 Å². The van der Waals surface area contributed by atoms with E-state index in [1.807, 2.05) is 13.8 Å². The highest BCUT2D eigenvalue weighted by atomic mass is 32.1. The highest BCUT2D eigenvalue weighted by Gasteiger charge is 2.23. The molecule has 2 N–H and O–H groups in total. The summed E-state index contributed by atoms with van der Waals surface area (Å²) in [4.78, 5) is 24.4. The minimum atomic E-state index is -1.03. The van der Waals surface area contributed by atoms with Crippen molar-refractivity contribution in [3.05, 3.63) is 39.7 Å². The van der Waals surface area contributed by atoms with Crippen LogP contribution in [0.15, 0.2) is 16.7 Å². The van der Waals surface area contributed by atoms with Gasteiger partial charge in [0.05, 0.1) is 11.8 Å². The lowest BCUT2D eigenvalue weighted by atomic mass is 10.1. The summed E-state index contributed by atoms with van der Waals surface area (Å²) in [5, 5.41) is 12.3. The molecule has 0 aliphatic heterocycles. The third kappa shape index (κ3) is 2.46. The quantitative estimate of drug-likeness (QED) is 0.904. The summed E-state index contributed by atoms with van der Waals surface area (Å²) >= 11 is 1.27. The summed E-state index contributed by atoms with van der Waals surface area (Å²) in [7, 11) is 0. The molecule has 2 heterocycles. The number of carbonyl (C=O) groups excluding carboxylic acids is 1. The van der Waals surface area contributed by atoms with E-state index in [4.69, 9.17) is 4.42 Å². The molecule has 0 aliphatic carbocycles. The Morgan fingerprint density at radius 2 is 2.10 bits per heavy atom. The molecule has 2 aromatic rings. The third-order valence-corrected chi connectivity index (χ3v) is 4.13. The van der Waals surface area contributed by atoms with E-state index in [-0.39, 0.29) is 11.3 Å². The summed E-state index contributed by atoms with van der Waals surface area (Å²) < 4.78 is 5.11. The summed E-state index contributed by atoms with van der Waals surface area (Å²) in [5.74, 6) is -1.26. The van der Waals surface area contributed by atoms with Gasteiger partial charge in [-0.3, -0.25) is 4.79 Å². The molecular weight excluding hydrogens is 278 g/mol. The van der Waals surface area contributed by atoms with E-state index in [2.05, 4.69) is 5.32 Å². The molecule has 2 rings (SSSR count). The Bertz CT molecular complexity index is 669. The van der Waals surface area contributed by atoms with Crippen molar-refractivity contribution < 1.29 is 19.1 Å². The topological polar surface area (TPSA) is 79.5 Å². The van der Waals surface area contributed by atoms with Crippen LogP contribution in [0.1, 0.15) is 43.8 Å². The number of carbonyl (C=O) groups is 2. The van der Waals surface area contributed by atoms with Crippen LogP contribution in [0.5, 0.6) is 0 Å². The number of rotatable bonds is 4. The maximum atomic E-state index is 12.1. The first-order valence-corrected chi connectivity index (χ1v) is 6.98. The van der Waals surface area contributed by atoms with E-state index in [9.17, 15) is 14.7 Å². The van der Waals surface area contributed by atoms with E-state index < -0.39 is 11.9 Å². The standard InChI is InChI=1S/C14H15NO4S/c1-4-9-8(3)20-13(10(9)14(17)18)15-12(16)11-7(2)5-6-19-11/h5-6H,4H2,1-3H3,(H,15,16)(H,17,18). The second-order valence-corrected chi connectivity index (χ2v) is 5.61. The van der Waals surface area contributed by atoms with Crippen molar-refractivity contribution in [3.63, 3.8) is 0 Å². The molecule has 0 aliphatic rings. The van der Waals surface area contributed by atoms with Crippen molar-refractivity contribution >= 4 is 28.2 Å². The number of hydrogen-bond acceptors (Lipinski definition) is 4. The number of anilines is 1. The Balaban J connectivity index is 2.37. The molecule has 106 valence electrons. The Labute approximate surface area is 120 Å². The fraction of sp³-hybridized carbons (Fsp3) is 0.286. The number of furan rings is 1. The molecule has 0 atom stereocenters. The molecule has 1 amide bonds. The lowest BCUT2D eigenvalue weighted by molar-refractivity contribution is 0.0697. The largest absolute Gasteiger partial charge is 0.478 e. The van der Waals surface area contributed by atoms with Crippen molar-refractivity contribution in [2.75, 3.05) is 5.32 Å². The first kappa shape index (κ1) is 14.3. The summed E-state index contributed by atoms with van der Waals surface area (Å²) in [5.41, 5.74) is 1.64. The van der Waals surface area contributed by atoms with E-state index >= 15 is 0 Å². The molecule has 0 saturated heterocycles. The van der Waals surface area contributed by atoms with Gasteiger partial charge in [0.2, 0.25) is 0 Å². The van der Waals surface area contributed by atoms with Crippen LogP contribution < -0.4 is 5.32 Å². The lowest BCUT2D eigenvalue weighted by Gasteiger charge is -2.04. The van der Waals surface area contributed by atoms with Gasteiger partial charge in [-0.15, -0.1) is 11.3 Å². The number of aromatic carboxylic acids is 1. The molecule has 0 aromatic carbocycles. The van der Waals surface area contributed by atoms with Crippen LogP contribution in [0.4, 0.5) is 5.00 Å². The van der Waals surface area contributed by atoms with Gasteiger partial charge in [0.1, 0.15) is 5.00 Å². The van der Waals surface area contributed by atoms with Crippen molar-refractivity contribution in [1.29, 1.82) is 0 Å². The molecule has 0 radical (unpaired) electrons. The molecule has 0 fully saturated rings. The molecule has 5 nitrogen and oxygen atoms in total. The maximum absolute atomic E-state index is 12.1. The van der Waals surface area contributed by atoms with Crippen molar-refractivity contribution in [3.8, 4) is 0 Å². The number of carboxylic acid groups (broad SMARTS) is 1. The van der Waals surface area contributed by atoms with Gasteiger partial charge in [0.25, 0.3) is 5.91 Å². The zero-order chi connectivity index (χ0) is 14.9. The zero-order valence-electron chi connectivity index (χ0n) is 11.4. The number of nitrogens with one attached hydrogen (secondary N) is 1. The average molecular weight is 293 g/mol. The van der Waals surface area contributed by atoms with Gasteiger partial charge >= 0.3 is 5.97 Å². The van der Waals surface area contributed by atoms with Crippen molar-refractivity contribution in [2.45, 2.75) is 27.2 Å². The molecule has 2 aromatic heterocycles. The molecular formula is C14H15NO4S. The Morgan fingerprint density at radius 3 is 2.60 bits per heavy atom. The Morgan fingerprint density at radius 1 is 1.40 bits per heavy atom. The van der Waals surface area contributed by atoms with Crippen LogP contribution in [0.3, 0.4) is 0 Å². The van der Waals surface area contributed by atoms with Gasteiger partial charge in [0.15, 0.2) is 5.76 Å². The second-order valence-electron chi connectivity index (χ2n) is 4.39. The van der Waals surface area contributed by atoms with Crippen LogP contribution in [-0.4, -0.2) is 17.0 Å². The van der Waals surface area contributed by atoms with Crippen LogP contribution in [-0.2, 0) is 6.42 Å². The normalized spacial score (nSPS) is 10.6. The minimum Gasteiger partial charge on any atom is -0.478 e. The fourth-order valence-corrected chi connectivity index (χ4v) is 3.22. The number of carboxylic acids is 1. The maximum Gasteiger partial charge on any atom is 0.339 e. The number of amides is 1. The molecule has 6 heteroatoms. The highest BCUT2D eigenvalue weighted by molar-refractivity contribution is 7.16. The molecule has 0 unspecified atom stereocenters. The third-order valence-electron chi connectivity index (χ3n) is 3.07. The average Bonchev–Trinajstić information content (AvgIpc) is 2.92. The molecule has 0 bridgehead atoms. The van der Waals surface area contributed by atoms with Gasteiger partial charge < -0.3 is 14.8 Å². The smallest absolute Gasteiger partial charge is 0.339 e. The van der Waals surface area contributed by atoms with Crippen LogP contribution >= 0.6 is 11.3 Å². The first-order valence-electron chi connectivity index (χ1n) is 6.16. The van der Waals surface area contributed by atoms with Gasteiger partial charge in [-0.25, -0.2) is 4.79 Å². The molecule has 0 spiro atoms. The van der Waals surface area contributed by atoms with Gasteiger partial charge in [-0.05, 0) is 31.9 Å². The lowest BCUT2D eigenvalue weighted by Crippen LogP contribution is -2.14. The Kier molecular flexibility index (Phi) is 3.94. The highest BCUT2D eigenvalue weighted by Crippen LogP contribution is 2.33. The van der Waals surface area contributed by atoms with E-state index in [0.717, 1.165) is 10.4 Å². The van der Waals surface area contributed by atoms with Crippen LogP contribution in [0.2, 0.25) is 0 Å². The van der Waals surface area contributed by atoms with Gasteiger partial charge in [-0.2, -0.15) is 0 Å². The summed E-state index contributed by atoms with van der Waals surface area (Å²) in [6.07, 6.45) is 2.04. The van der Waals surface area contributed by atoms with E-state index in [1.54, 1.807) is 13.0 Å². The minimum absolute atomic E-state index is 0.174. The SMILES string of the molecule is CCc1c(C)sc(NC(=O)c2occc2C)c1C(=O)O. The fourth-order valence-electron chi connectivity index (χ4n) is 2.08. The van der Waals surface area contributed by atoms with Crippen LogP contribution in [0.25, 0.3) is 0 Å². The van der Waals surface area contributed by atoms with Gasteiger partial charge in [-0.1, -0.05) is 6.92 Å². The van der Waals surface area contributed by atoms with E-state index in [1.165, 1.54) is 17.6 Å². The number of aryl methyl sites for hydroxylation is 2. The second kappa shape index (κ2) is 5.50. The Hall–Kier alpha value is -2.08. The summed E-state index contributed by atoms with van der Waals surface area (Å²) in [6.45, 7) is 5.50. The van der Waals surface area contributed by atoms with E-state index in [0.29, 0.717) is 17.0 Å². The monoisotopic (exact) mass is 293 g/mol. The van der Waals surface area contributed by atoms with Gasteiger partial charge in [0, 0.05) is 10.4 Å². The predicted octanol–water partition coefficient (Wildman–Crippen LogP) is 3.47. The van der Waals surface area contributed by atoms with Crippen molar-refractivity contribution in [2.24, 2.45) is 0 Å². The molecule has 20 heavy (non-hydrogen) atoms. The number of thiophene rings is 1. The predicted molar refractivity (Wildman–Crippen MR) is 76.8 cm³/mol. The first-order chi connectivity index (χ1) is 9.45.